The van der Waals surface area contributed by atoms with Crippen LogP contribution in [0.5, 0.6) is 0 Å². The van der Waals surface area contributed by atoms with Crippen LogP contribution in [0.3, 0.4) is 0 Å². The molecule has 1 aromatic carbocycles. The molecule has 2 saturated heterocycles. The summed E-state index contributed by atoms with van der Waals surface area (Å²) in [4.78, 5) is 33.2. The largest absolute Gasteiger partial charge is 0.450 e. The van der Waals surface area contributed by atoms with Crippen LogP contribution in [0.25, 0.3) is 10.2 Å². The van der Waals surface area contributed by atoms with Crippen LogP contribution in [-0.4, -0.2) is 65.6 Å². The molecule has 0 aliphatic carbocycles. The Labute approximate surface area is 175 Å². The van der Waals surface area contributed by atoms with Gasteiger partial charge < -0.3 is 15.0 Å². The van der Waals surface area contributed by atoms with Gasteiger partial charge in [-0.25, -0.2) is 9.78 Å². The summed E-state index contributed by atoms with van der Waals surface area (Å²) in [6, 6.07) is 8.55. The van der Waals surface area contributed by atoms with E-state index in [1.807, 2.05) is 25.1 Å². The lowest BCUT2D eigenvalue weighted by atomic mass is 10.1. The second-order valence-corrected chi connectivity index (χ2v) is 8.74. The summed E-state index contributed by atoms with van der Waals surface area (Å²) in [5, 5.41) is 4.27. The number of aromatic nitrogens is 1. The maximum absolute atomic E-state index is 12.7. The molecule has 7 nitrogen and oxygen atoms in total. The molecule has 3 heterocycles. The number of amides is 2. The zero-order chi connectivity index (χ0) is 20.2. The summed E-state index contributed by atoms with van der Waals surface area (Å²) in [6.45, 7) is 4.78. The first-order valence-corrected chi connectivity index (χ1v) is 11.3. The lowest BCUT2D eigenvalue weighted by Crippen LogP contribution is -2.48. The number of thiazole rings is 1. The maximum Gasteiger partial charge on any atom is 0.409 e. The topological polar surface area (TPSA) is 74.8 Å². The van der Waals surface area contributed by atoms with Crippen molar-refractivity contribution in [1.29, 1.82) is 0 Å². The van der Waals surface area contributed by atoms with Crippen molar-refractivity contribution in [3.05, 3.63) is 29.3 Å². The second-order valence-electron chi connectivity index (χ2n) is 7.68. The molecular weight excluding hydrogens is 388 g/mol. The van der Waals surface area contributed by atoms with Crippen molar-refractivity contribution in [2.24, 2.45) is 0 Å². The van der Waals surface area contributed by atoms with Gasteiger partial charge in [-0.1, -0.05) is 12.1 Å². The third-order valence-corrected chi connectivity index (χ3v) is 6.83. The smallest absolute Gasteiger partial charge is 0.409 e. The molecule has 2 aromatic rings. The number of hydrogen-bond acceptors (Lipinski definition) is 6. The van der Waals surface area contributed by atoms with Gasteiger partial charge in [0.2, 0.25) is 5.91 Å². The zero-order valence-corrected chi connectivity index (χ0v) is 17.6. The molecule has 0 spiro atoms. The quantitative estimate of drug-likeness (QED) is 0.810. The minimum atomic E-state index is -0.256. The third-order valence-electron chi connectivity index (χ3n) is 5.69. The normalized spacial score (nSPS) is 20.9. The Morgan fingerprint density at radius 2 is 2.00 bits per heavy atom. The molecule has 29 heavy (non-hydrogen) atoms. The van der Waals surface area contributed by atoms with E-state index in [2.05, 4.69) is 16.3 Å². The zero-order valence-electron chi connectivity index (χ0n) is 16.8. The van der Waals surface area contributed by atoms with Crippen molar-refractivity contribution in [2.45, 2.75) is 44.7 Å². The molecule has 1 aromatic heterocycles. The summed E-state index contributed by atoms with van der Waals surface area (Å²) >= 11 is 1.73. The molecule has 0 saturated carbocycles. The van der Waals surface area contributed by atoms with Crippen molar-refractivity contribution >= 4 is 33.6 Å². The van der Waals surface area contributed by atoms with Crippen LogP contribution < -0.4 is 5.32 Å². The standard InChI is InChI=1S/C21H28N4O3S/c1-2-28-21(27)24-12-9-15(10-13-24)22-19(26)14-25-11-5-7-17(25)20-23-16-6-3-4-8-18(16)29-20/h3-4,6,8,15,17H,2,5,7,9-14H2,1H3,(H,22,26)/t17-/m0/s1. The molecule has 2 aliphatic heterocycles. The van der Waals surface area contributed by atoms with Gasteiger partial charge in [-0.3, -0.25) is 9.69 Å². The number of carbonyl (C=O) groups excluding carboxylic acids is 2. The van der Waals surface area contributed by atoms with Crippen LogP contribution in [0, 0.1) is 0 Å². The van der Waals surface area contributed by atoms with Crippen molar-refractivity contribution in [2.75, 3.05) is 32.8 Å². The van der Waals surface area contributed by atoms with Gasteiger partial charge in [-0.15, -0.1) is 11.3 Å². The molecular formula is C21H28N4O3S. The van der Waals surface area contributed by atoms with E-state index in [9.17, 15) is 9.59 Å². The van der Waals surface area contributed by atoms with Crippen LogP contribution in [0.4, 0.5) is 4.79 Å². The lowest BCUT2D eigenvalue weighted by molar-refractivity contribution is -0.123. The van der Waals surface area contributed by atoms with Gasteiger partial charge in [0.25, 0.3) is 0 Å². The first kappa shape index (κ1) is 20.1. The Morgan fingerprint density at radius 3 is 2.76 bits per heavy atom. The minimum absolute atomic E-state index is 0.0626. The molecule has 156 valence electrons. The summed E-state index contributed by atoms with van der Waals surface area (Å²) in [5.41, 5.74) is 1.04. The highest BCUT2D eigenvalue weighted by Crippen LogP contribution is 2.36. The molecule has 0 unspecified atom stereocenters. The number of piperidine rings is 1. The fraction of sp³-hybridized carbons (Fsp3) is 0.571. The monoisotopic (exact) mass is 416 g/mol. The molecule has 2 aliphatic rings. The number of fused-ring (bicyclic) bond motifs is 1. The highest BCUT2D eigenvalue weighted by molar-refractivity contribution is 7.18. The average Bonchev–Trinajstić information content (AvgIpc) is 3.35. The Kier molecular flexibility index (Phi) is 6.30. The first-order valence-electron chi connectivity index (χ1n) is 10.4. The molecule has 0 radical (unpaired) electrons. The van der Waals surface area contributed by atoms with Crippen LogP contribution in [0.2, 0.25) is 0 Å². The van der Waals surface area contributed by atoms with Crippen molar-refractivity contribution in [3.8, 4) is 0 Å². The van der Waals surface area contributed by atoms with E-state index in [0.717, 1.165) is 42.8 Å². The number of ether oxygens (including phenoxy) is 1. The van der Waals surface area contributed by atoms with Gasteiger partial charge in [0.15, 0.2) is 0 Å². The Morgan fingerprint density at radius 1 is 1.21 bits per heavy atom. The van der Waals surface area contributed by atoms with Gasteiger partial charge in [0.1, 0.15) is 5.01 Å². The lowest BCUT2D eigenvalue weighted by Gasteiger charge is -2.32. The highest BCUT2D eigenvalue weighted by atomic mass is 32.1. The van der Waals surface area contributed by atoms with E-state index >= 15 is 0 Å². The first-order chi connectivity index (χ1) is 14.1. The number of carbonyl (C=O) groups is 2. The van der Waals surface area contributed by atoms with Crippen LogP contribution in [-0.2, 0) is 9.53 Å². The van der Waals surface area contributed by atoms with Gasteiger partial charge in [-0.05, 0) is 51.3 Å². The minimum Gasteiger partial charge on any atom is -0.450 e. The van der Waals surface area contributed by atoms with Gasteiger partial charge >= 0.3 is 6.09 Å². The Bertz CT molecular complexity index is 829. The molecule has 0 bridgehead atoms. The molecule has 2 fully saturated rings. The Balaban J connectivity index is 1.29. The fourth-order valence-corrected chi connectivity index (χ4v) is 5.34. The van der Waals surface area contributed by atoms with E-state index in [1.165, 1.54) is 4.70 Å². The summed E-state index contributed by atoms with van der Waals surface area (Å²) in [5.74, 6) is 0.0626. The summed E-state index contributed by atoms with van der Waals surface area (Å²) < 4.78 is 6.25. The van der Waals surface area contributed by atoms with E-state index in [-0.39, 0.29) is 24.1 Å². The predicted octanol–water partition coefficient (Wildman–Crippen LogP) is 3.17. The van der Waals surface area contributed by atoms with Crippen LogP contribution >= 0.6 is 11.3 Å². The van der Waals surface area contributed by atoms with Crippen molar-refractivity contribution in [3.63, 3.8) is 0 Å². The number of rotatable bonds is 5. The summed E-state index contributed by atoms with van der Waals surface area (Å²) in [6.07, 6.45) is 3.42. The fourth-order valence-electron chi connectivity index (χ4n) is 4.21. The summed E-state index contributed by atoms with van der Waals surface area (Å²) in [7, 11) is 0. The van der Waals surface area contributed by atoms with Crippen LogP contribution in [0.1, 0.15) is 43.7 Å². The molecule has 1 N–H and O–H groups in total. The maximum atomic E-state index is 12.7. The highest BCUT2D eigenvalue weighted by Gasteiger charge is 2.31. The van der Waals surface area contributed by atoms with Crippen molar-refractivity contribution < 1.29 is 14.3 Å². The number of para-hydroxylation sites is 1. The number of nitrogens with zero attached hydrogens (tertiary/aromatic N) is 3. The van der Waals surface area contributed by atoms with E-state index in [4.69, 9.17) is 9.72 Å². The van der Waals surface area contributed by atoms with E-state index in [0.29, 0.717) is 26.2 Å². The second kappa shape index (κ2) is 9.09. The van der Waals surface area contributed by atoms with Gasteiger partial charge in [-0.2, -0.15) is 0 Å². The molecule has 1 atom stereocenters. The average molecular weight is 417 g/mol. The molecule has 8 heteroatoms. The molecule has 4 rings (SSSR count). The van der Waals surface area contributed by atoms with E-state index < -0.39 is 0 Å². The number of benzene rings is 1. The molecule has 2 amide bonds. The van der Waals surface area contributed by atoms with Gasteiger partial charge in [0.05, 0.1) is 29.4 Å². The SMILES string of the molecule is CCOC(=O)N1CCC(NC(=O)CN2CCC[C@H]2c2nc3ccccc3s2)CC1. The predicted molar refractivity (Wildman–Crippen MR) is 113 cm³/mol. The van der Waals surface area contributed by atoms with Crippen molar-refractivity contribution in [1.82, 2.24) is 20.1 Å². The number of nitrogens with one attached hydrogen (secondary N) is 1. The van der Waals surface area contributed by atoms with Crippen LogP contribution in [0.15, 0.2) is 24.3 Å². The Hall–Kier alpha value is -2.19. The van der Waals surface area contributed by atoms with Gasteiger partial charge in [0, 0.05) is 19.1 Å². The third kappa shape index (κ3) is 4.70. The number of likely N-dealkylation sites (tertiary alicyclic amines) is 2. The number of hydrogen-bond donors (Lipinski definition) is 1. The van der Waals surface area contributed by atoms with E-state index in [1.54, 1.807) is 16.2 Å².